The predicted molar refractivity (Wildman–Crippen MR) is 36.0 cm³/mol. The van der Waals surface area contributed by atoms with Crippen molar-refractivity contribution in [2.45, 2.75) is 11.9 Å². The van der Waals surface area contributed by atoms with Gasteiger partial charge >= 0.3 is 0 Å². The van der Waals surface area contributed by atoms with Crippen LogP contribution >= 0.6 is 12.6 Å². The molecular formula is C5H6N2OSZn. The standard InChI is InChI=1S/C5H6N2OS.Zn/c1-3-5(9)7-4(2-8)6-3;/h2,9H,1H3,(H,6,7);. The fourth-order valence-corrected chi connectivity index (χ4v) is 0.693. The van der Waals surface area contributed by atoms with Gasteiger partial charge < -0.3 is 4.98 Å². The van der Waals surface area contributed by atoms with Gasteiger partial charge in [0.2, 0.25) is 0 Å². The van der Waals surface area contributed by atoms with E-state index >= 15 is 0 Å². The van der Waals surface area contributed by atoms with E-state index in [1.165, 1.54) is 0 Å². The van der Waals surface area contributed by atoms with Gasteiger partial charge in [-0.2, -0.15) is 0 Å². The molecule has 3 nitrogen and oxygen atoms in total. The van der Waals surface area contributed by atoms with Gasteiger partial charge in [0.25, 0.3) is 0 Å². The Hall–Kier alpha value is -0.147. The molecule has 0 radical (unpaired) electrons. The molecule has 0 atom stereocenters. The Morgan fingerprint density at radius 1 is 1.70 bits per heavy atom. The first-order chi connectivity index (χ1) is 4.24. The second-order valence-electron chi connectivity index (χ2n) is 1.69. The summed E-state index contributed by atoms with van der Waals surface area (Å²) in [6.07, 6.45) is 0.659. The van der Waals surface area contributed by atoms with Crippen LogP contribution in [-0.4, -0.2) is 16.3 Å². The largest absolute Gasteiger partial charge is 0.339 e. The number of H-pyrrole nitrogens is 1. The summed E-state index contributed by atoms with van der Waals surface area (Å²) in [6.45, 7) is 1.81. The smallest absolute Gasteiger partial charge is 0.185 e. The van der Waals surface area contributed by atoms with Crippen molar-refractivity contribution in [2.24, 2.45) is 0 Å². The van der Waals surface area contributed by atoms with Crippen molar-refractivity contribution < 1.29 is 24.3 Å². The number of hydrogen-bond donors (Lipinski definition) is 2. The summed E-state index contributed by atoms with van der Waals surface area (Å²) in [5.74, 6) is 0.331. The van der Waals surface area contributed by atoms with Gasteiger partial charge in [0.15, 0.2) is 12.1 Å². The SMILES string of the molecule is Cc1[nH]c(C=O)nc1S.[Zn]. The minimum Gasteiger partial charge on any atom is -0.339 e. The molecule has 10 heavy (non-hydrogen) atoms. The molecule has 0 aliphatic carbocycles. The minimum absolute atomic E-state index is 0. The maximum atomic E-state index is 10.0. The van der Waals surface area contributed by atoms with Crippen LogP contribution in [0.25, 0.3) is 0 Å². The monoisotopic (exact) mass is 206 g/mol. The van der Waals surface area contributed by atoms with Gasteiger partial charge in [-0.3, -0.25) is 4.79 Å². The van der Waals surface area contributed by atoms with E-state index in [0.29, 0.717) is 17.1 Å². The van der Waals surface area contributed by atoms with Gasteiger partial charge in [-0.05, 0) is 6.92 Å². The molecule has 0 saturated heterocycles. The van der Waals surface area contributed by atoms with Gasteiger partial charge in [0.05, 0.1) is 0 Å². The maximum Gasteiger partial charge on any atom is 0.185 e. The van der Waals surface area contributed by atoms with Crippen molar-refractivity contribution in [3.05, 3.63) is 11.5 Å². The number of aryl methyl sites for hydroxylation is 1. The van der Waals surface area contributed by atoms with Crippen LogP contribution in [0.3, 0.4) is 0 Å². The van der Waals surface area contributed by atoms with Crippen LogP contribution in [0.1, 0.15) is 16.3 Å². The van der Waals surface area contributed by atoms with Crippen molar-refractivity contribution in [1.82, 2.24) is 9.97 Å². The number of nitrogens with one attached hydrogen (secondary N) is 1. The molecule has 1 aromatic rings. The zero-order valence-corrected chi connectivity index (χ0v) is 9.45. The molecule has 1 aromatic heterocycles. The third kappa shape index (κ3) is 1.92. The first kappa shape index (κ1) is 9.85. The Morgan fingerprint density at radius 2 is 2.30 bits per heavy atom. The summed E-state index contributed by atoms with van der Waals surface area (Å²) in [7, 11) is 0. The van der Waals surface area contributed by atoms with E-state index in [1.807, 2.05) is 6.92 Å². The molecule has 0 aliphatic heterocycles. The van der Waals surface area contributed by atoms with Crippen molar-refractivity contribution in [3.63, 3.8) is 0 Å². The van der Waals surface area contributed by atoms with Gasteiger partial charge in [-0.25, -0.2) is 4.98 Å². The minimum atomic E-state index is 0. The van der Waals surface area contributed by atoms with Gasteiger partial charge in [-0.1, -0.05) is 0 Å². The molecule has 1 rings (SSSR count). The van der Waals surface area contributed by atoms with Crippen LogP contribution in [-0.2, 0) is 19.5 Å². The summed E-state index contributed by atoms with van der Waals surface area (Å²) in [6, 6.07) is 0. The van der Waals surface area contributed by atoms with E-state index in [-0.39, 0.29) is 19.5 Å². The summed E-state index contributed by atoms with van der Waals surface area (Å²) in [5.41, 5.74) is 0.820. The Balaban J connectivity index is 0.000000810. The average Bonchev–Trinajstić information content (AvgIpc) is 2.13. The molecule has 0 amide bonds. The van der Waals surface area contributed by atoms with Crippen molar-refractivity contribution in [3.8, 4) is 0 Å². The fraction of sp³-hybridized carbons (Fsp3) is 0.200. The number of thiol groups is 1. The van der Waals surface area contributed by atoms with Crippen molar-refractivity contribution >= 4 is 18.9 Å². The van der Waals surface area contributed by atoms with E-state index in [0.717, 1.165) is 5.69 Å². The topological polar surface area (TPSA) is 45.8 Å². The number of carbonyl (C=O) groups excluding carboxylic acids is 1. The average molecular weight is 208 g/mol. The summed E-state index contributed by atoms with van der Waals surface area (Å²) in [5, 5.41) is 0.581. The van der Waals surface area contributed by atoms with Crippen LogP contribution < -0.4 is 0 Å². The molecule has 0 saturated carbocycles. The number of carbonyl (C=O) groups is 1. The molecular weight excluding hydrogens is 202 g/mol. The second kappa shape index (κ2) is 3.89. The number of hydrogen-bond acceptors (Lipinski definition) is 3. The zero-order chi connectivity index (χ0) is 6.85. The Kier molecular flexibility index (Phi) is 3.83. The molecule has 0 bridgehead atoms. The van der Waals surface area contributed by atoms with Crippen LogP contribution in [0.15, 0.2) is 5.03 Å². The molecule has 0 aliphatic rings. The summed E-state index contributed by atoms with van der Waals surface area (Å²) < 4.78 is 0. The number of aldehydes is 1. The fourth-order valence-electron chi connectivity index (χ4n) is 0.530. The summed E-state index contributed by atoms with van der Waals surface area (Å²) in [4.78, 5) is 16.6. The van der Waals surface area contributed by atoms with E-state index in [2.05, 4.69) is 22.6 Å². The number of nitrogens with zero attached hydrogens (tertiary/aromatic N) is 1. The van der Waals surface area contributed by atoms with Gasteiger partial charge in [0.1, 0.15) is 5.03 Å². The quantitative estimate of drug-likeness (QED) is 0.407. The van der Waals surface area contributed by atoms with Crippen molar-refractivity contribution in [2.75, 3.05) is 0 Å². The van der Waals surface area contributed by atoms with Crippen LogP contribution in [0.5, 0.6) is 0 Å². The Labute approximate surface area is 76.8 Å². The third-order valence-corrected chi connectivity index (χ3v) is 1.42. The molecule has 0 unspecified atom stereocenters. The van der Waals surface area contributed by atoms with Gasteiger partial charge in [-0.15, -0.1) is 12.6 Å². The Morgan fingerprint density at radius 3 is 2.50 bits per heavy atom. The summed E-state index contributed by atoms with van der Waals surface area (Å²) >= 11 is 3.97. The van der Waals surface area contributed by atoms with Crippen LogP contribution in [0, 0.1) is 6.92 Å². The normalized spacial score (nSPS) is 8.60. The number of aromatic nitrogens is 2. The van der Waals surface area contributed by atoms with Gasteiger partial charge in [0, 0.05) is 25.2 Å². The van der Waals surface area contributed by atoms with Crippen molar-refractivity contribution in [1.29, 1.82) is 0 Å². The van der Waals surface area contributed by atoms with Crippen LogP contribution in [0.4, 0.5) is 0 Å². The molecule has 0 spiro atoms. The molecule has 1 heterocycles. The Bertz CT molecular complexity index is 216. The van der Waals surface area contributed by atoms with E-state index < -0.39 is 0 Å². The maximum absolute atomic E-state index is 10.0. The second-order valence-corrected chi connectivity index (χ2v) is 2.11. The third-order valence-electron chi connectivity index (χ3n) is 0.989. The first-order valence-corrected chi connectivity index (χ1v) is 2.89. The van der Waals surface area contributed by atoms with E-state index in [4.69, 9.17) is 0 Å². The van der Waals surface area contributed by atoms with E-state index in [9.17, 15) is 4.79 Å². The first-order valence-electron chi connectivity index (χ1n) is 2.45. The molecule has 5 heteroatoms. The van der Waals surface area contributed by atoms with E-state index in [1.54, 1.807) is 0 Å². The molecule has 50 valence electrons. The number of aromatic amines is 1. The molecule has 0 fully saturated rings. The molecule has 1 N–H and O–H groups in total. The predicted octanol–water partition coefficient (Wildman–Crippen LogP) is 0.817. The molecule has 0 aromatic carbocycles. The zero-order valence-electron chi connectivity index (χ0n) is 5.59. The van der Waals surface area contributed by atoms with Crippen LogP contribution in [0.2, 0.25) is 0 Å². The number of imidazole rings is 1. The number of rotatable bonds is 1.